The van der Waals surface area contributed by atoms with Gasteiger partial charge in [0.15, 0.2) is 0 Å². The second-order valence-corrected chi connectivity index (χ2v) is 6.11. The Morgan fingerprint density at radius 1 is 1.13 bits per heavy atom. The van der Waals surface area contributed by atoms with E-state index in [2.05, 4.69) is 0 Å². The molecule has 0 spiro atoms. The van der Waals surface area contributed by atoms with E-state index in [-0.39, 0.29) is 23.0 Å². The summed E-state index contributed by atoms with van der Waals surface area (Å²) < 4.78 is 18.8. The van der Waals surface area contributed by atoms with Crippen LogP contribution in [0.5, 0.6) is 0 Å². The van der Waals surface area contributed by atoms with E-state index < -0.39 is 5.82 Å². The van der Waals surface area contributed by atoms with Crippen LogP contribution in [-0.4, -0.2) is 13.7 Å². The molecule has 0 atom stereocenters. The van der Waals surface area contributed by atoms with Crippen molar-refractivity contribution in [3.05, 3.63) is 62.6 Å². The Morgan fingerprint density at radius 3 is 2.52 bits per heavy atom. The molecule has 0 aliphatic heterocycles. The zero-order valence-electron chi connectivity index (χ0n) is 12.9. The Morgan fingerprint density at radius 2 is 1.87 bits per heavy atom. The number of aromatic nitrogens is 3. The molecule has 2 heterocycles. The molecule has 4 rings (SSSR count). The molecule has 1 aliphatic rings. The number of halogens is 1. The Kier molecular flexibility index (Phi) is 2.85. The molecule has 3 aromatic rings. The second-order valence-electron chi connectivity index (χ2n) is 6.11. The van der Waals surface area contributed by atoms with Gasteiger partial charge in [-0.25, -0.2) is 13.8 Å². The van der Waals surface area contributed by atoms with Crippen LogP contribution in [0.4, 0.5) is 4.39 Å². The Labute approximate surface area is 131 Å². The third-order valence-corrected chi connectivity index (χ3v) is 4.39. The van der Waals surface area contributed by atoms with Crippen LogP contribution < -0.4 is 11.2 Å². The number of hydrogen-bond acceptors (Lipinski definition) is 2. The number of fused-ring (bicyclic) bond motifs is 1. The lowest BCUT2D eigenvalue weighted by atomic mass is 10.2. The highest BCUT2D eigenvalue weighted by Crippen LogP contribution is 2.36. The van der Waals surface area contributed by atoms with Crippen LogP contribution in [0.3, 0.4) is 0 Å². The Balaban J connectivity index is 2.18. The quantitative estimate of drug-likeness (QED) is 0.729. The maximum atomic E-state index is 14.4. The molecular weight excluding hydrogens is 297 g/mol. The predicted molar refractivity (Wildman–Crippen MR) is 85.7 cm³/mol. The van der Waals surface area contributed by atoms with Gasteiger partial charge in [-0.2, -0.15) is 0 Å². The van der Waals surface area contributed by atoms with Crippen LogP contribution in [0.15, 0.2) is 39.9 Å². The highest BCUT2D eigenvalue weighted by Gasteiger charge is 2.30. The monoisotopic (exact) mass is 313 g/mol. The van der Waals surface area contributed by atoms with Crippen molar-refractivity contribution in [3.63, 3.8) is 0 Å². The van der Waals surface area contributed by atoms with Crippen LogP contribution >= 0.6 is 0 Å². The van der Waals surface area contributed by atoms with Crippen molar-refractivity contribution in [2.45, 2.75) is 25.8 Å². The standard InChI is InChI=1S/C17H16FN3O2/c1-10-3-6-13(12(18)9-10)21-16-14(7-8-15(22)19(16)2)20(17(21)23)11-4-5-11/h3,6-9,11H,4-5H2,1-2H3. The largest absolute Gasteiger partial charge is 0.335 e. The fourth-order valence-corrected chi connectivity index (χ4v) is 3.06. The number of aryl methyl sites for hydroxylation is 2. The van der Waals surface area contributed by atoms with Crippen molar-refractivity contribution in [2.24, 2.45) is 7.05 Å². The molecular formula is C17H16FN3O2. The summed E-state index contributed by atoms with van der Waals surface area (Å²) >= 11 is 0. The van der Waals surface area contributed by atoms with Crippen molar-refractivity contribution in [1.29, 1.82) is 0 Å². The van der Waals surface area contributed by atoms with Crippen LogP contribution in [0.2, 0.25) is 0 Å². The lowest BCUT2D eigenvalue weighted by molar-refractivity contribution is 0.611. The lowest BCUT2D eigenvalue weighted by Gasteiger charge is -2.08. The van der Waals surface area contributed by atoms with Crippen molar-refractivity contribution < 1.29 is 4.39 Å². The minimum absolute atomic E-state index is 0.136. The number of imidazole rings is 1. The third-order valence-electron chi connectivity index (χ3n) is 4.39. The first kappa shape index (κ1) is 14.0. The fourth-order valence-electron chi connectivity index (χ4n) is 3.06. The highest BCUT2D eigenvalue weighted by molar-refractivity contribution is 5.75. The molecule has 5 nitrogen and oxygen atoms in total. The maximum absolute atomic E-state index is 14.4. The van der Waals surface area contributed by atoms with Crippen LogP contribution in [-0.2, 0) is 7.05 Å². The smallest absolute Gasteiger partial charge is 0.296 e. The molecule has 1 aromatic carbocycles. The van der Waals surface area contributed by atoms with Crippen LogP contribution in [0, 0.1) is 12.7 Å². The van der Waals surface area contributed by atoms with E-state index in [0.29, 0.717) is 11.2 Å². The van der Waals surface area contributed by atoms with E-state index >= 15 is 0 Å². The van der Waals surface area contributed by atoms with Gasteiger partial charge in [0.25, 0.3) is 5.56 Å². The first-order valence-electron chi connectivity index (χ1n) is 7.58. The molecule has 118 valence electrons. The normalized spacial score (nSPS) is 14.6. The molecule has 0 bridgehead atoms. The van der Waals surface area contributed by atoms with Gasteiger partial charge in [-0.1, -0.05) is 6.07 Å². The van der Waals surface area contributed by atoms with Crippen molar-refractivity contribution in [1.82, 2.24) is 13.7 Å². The highest BCUT2D eigenvalue weighted by atomic mass is 19.1. The minimum atomic E-state index is -0.474. The van der Waals surface area contributed by atoms with Crippen molar-refractivity contribution in [3.8, 4) is 5.69 Å². The van der Waals surface area contributed by atoms with Gasteiger partial charge in [0.1, 0.15) is 11.5 Å². The predicted octanol–water partition coefficient (Wildman–Crippen LogP) is 2.27. The third kappa shape index (κ3) is 1.98. The molecule has 1 saturated carbocycles. The summed E-state index contributed by atoms with van der Waals surface area (Å²) in [6.07, 6.45) is 1.86. The maximum Gasteiger partial charge on any atom is 0.335 e. The lowest BCUT2D eigenvalue weighted by Crippen LogP contribution is -2.24. The summed E-state index contributed by atoms with van der Waals surface area (Å²) in [6, 6.07) is 7.96. The molecule has 6 heteroatoms. The fraction of sp³-hybridized carbons (Fsp3) is 0.294. The van der Waals surface area contributed by atoms with E-state index in [1.807, 2.05) is 0 Å². The summed E-state index contributed by atoms with van der Waals surface area (Å²) in [4.78, 5) is 24.9. The van der Waals surface area contributed by atoms with E-state index in [0.717, 1.165) is 18.4 Å². The number of pyridine rings is 1. The number of rotatable bonds is 2. The number of nitrogens with zero attached hydrogens (tertiary/aromatic N) is 3. The van der Waals surface area contributed by atoms with Gasteiger partial charge < -0.3 is 0 Å². The number of benzene rings is 1. The van der Waals surface area contributed by atoms with Crippen molar-refractivity contribution >= 4 is 11.2 Å². The molecule has 0 N–H and O–H groups in total. The van der Waals surface area contributed by atoms with Gasteiger partial charge in [-0.05, 0) is 43.5 Å². The first-order valence-corrected chi connectivity index (χ1v) is 7.58. The molecule has 0 saturated heterocycles. The van der Waals surface area contributed by atoms with Gasteiger partial charge >= 0.3 is 5.69 Å². The average molecular weight is 313 g/mol. The van der Waals surface area contributed by atoms with E-state index in [1.165, 1.54) is 21.3 Å². The zero-order chi connectivity index (χ0) is 16.3. The van der Waals surface area contributed by atoms with Crippen LogP contribution in [0.1, 0.15) is 24.4 Å². The minimum Gasteiger partial charge on any atom is -0.296 e. The second kappa shape index (κ2) is 4.68. The van der Waals surface area contributed by atoms with Gasteiger partial charge in [0, 0.05) is 19.2 Å². The van der Waals surface area contributed by atoms with Gasteiger partial charge in [-0.3, -0.25) is 13.9 Å². The summed E-state index contributed by atoms with van der Waals surface area (Å²) in [5.74, 6) is -0.474. The summed E-state index contributed by atoms with van der Waals surface area (Å²) in [7, 11) is 1.60. The summed E-state index contributed by atoms with van der Waals surface area (Å²) in [6.45, 7) is 1.79. The Bertz CT molecular complexity index is 1050. The average Bonchev–Trinajstić information content (AvgIpc) is 3.28. The molecule has 23 heavy (non-hydrogen) atoms. The van der Waals surface area contributed by atoms with E-state index in [9.17, 15) is 14.0 Å². The first-order chi connectivity index (χ1) is 11.0. The van der Waals surface area contributed by atoms with E-state index in [4.69, 9.17) is 0 Å². The molecule has 0 radical (unpaired) electrons. The van der Waals surface area contributed by atoms with Crippen molar-refractivity contribution in [2.75, 3.05) is 0 Å². The summed E-state index contributed by atoms with van der Waals surface area (Å²) in [5, 5.41) is 0. The molecule has 0 amide bonds. The van der Waals surface area contributed by atoms with E-state index in [1.54, 1.807) is 36.7 Å². The van der Waals surface area contributed by atoms with Gasteiger partial charge in [0.2, 0.25) is 0 Å². The Hall–Kier alpha value is -2.63. The van der Waals surface area contributed by atoms with Gasteiger partial charge in [-0.15, -0.1) is 0 Å². The molecule has 0 unspecified atom stereocenters. The number of hydrogen-bond donors (Lipinski definition) is 0. The van der Waals surface area contributed by atoms with Gasteiger partial charge in [0.05, 0.1) is 11.2 Å². The molecule has 1 fully saturated rings. The van der Waals surface area contributed by atoms with Crippen LogP contribution in [0.25, 0.3) is 16.9 Å². The SMILES string of the molecule is Cc1ccc(-n2c(=O)n(C3CC3)c3ccc(=O)n(C)c32)c(F)c1. The zero-order valence-corrected chi connectivity index (χ0v) is 12.9. The molecule has 2 aromatic heterocycles. The topological polar surface area (TPSA) is 48.9 Å². The summed E-state index contributed by atoms with van der Waals surface area (Å²) in [5.41, 5.74) is 1.51. The molecule has 1 aliphatic carbocycles.